The number of nitrogens with one attached hydrogen (secondary N) is 1. The molecule has 2 atom stereocenters. The predicted molar refractivity (Wildman–Crippen MR) is 171 cm³/mol. The van der Waals surface area contributed by atoms with Gasteiger partial charge in [-0.2, -0.15) is 5.10 Å². The van der Waals surface area contributed by atoms with Gasteiger partial charge in [-0.15, -0.1) is 0 Å². The Morgan fingerprint density at radius 3 is 2.46 bits per heavy atom. The lowest BCUT2D eigenvalue weighted by Crippen LogP contribution is -2.53. The molecular weight excluding hydrogens is 582 g/mol. The molecule has 46 heavy (non-hydrogen) atoms. The van der Waals surface area contributed by atoms with Crippen molar-refractivity contribution in [1.82, 2.24) is 34.9 Å². The third kappa shape index (κ3) is 7.19. The van der Waals surface area contributed by atoms with Gasteiger partial charge in [0.05, 0.1) is 24.7 Å². The number of aryl methyl sites for hydroxylation is 2. The first-order valence-electron chi connectivity index (χ1n) is 16.2. The van der Waals surface area contributed by atoms with Crippen molar-refractivity contribution in [1.29, 1.82) is 0 Å². The number of nitrogens with zero attached hydrogens (tertiary/aromatic N) is 6. The number of hydrogen-bond donors (Lipinski definition) is 1. The number of oxazole rings is 1. The summed E-state index contributed by atoms with van der Waals surface area (Å²) in [5.41, 5.74) is 2.49. The van der Waals surface area contributed by atoms with E-state index in [1.165, 1.54) is 0 Å². The summed E-state index contributed by atoms with van der Waals surface area (Å²) in [5, 5.41) is 7.93. The summed E-state index contributed by atoms with van der Waals surface area (Å²) < 4.78 is 7.73. The Morgan fingerprint density at radius 1 is 0.913 bits per heavy atom. The Balaban J connectivity index is 1.28. The van der Waals surface area contributed by atoms with E-state index in [-0.39, 0.29) is 30.6 Å². The maximum atomic E-state index is 13.8. The van der Waals surface area contributed by atoms with Gasteiger partial charge >= 0.3 is 0 Å². The highest BCUT2D eigenvalue weighted by Gasteiger charge is 2.34. The quantitative estimate of drug-likeness (QED) is 0.353. The van der Waals surface area contributed by atoms with Gasteiger partial charge in [0.15, 0.2) is 0 Å². The van der Waals surface area contributed by atoms with E-state index < -0.39 is 12.1 Å². The molecule has 0 unspecified atom stereocenters. The smallest absolute Gasteiger partial charge is 0.243 e. The summed E-state index contributed by atoms with van der Waals surface area (Å²) in [4.78, 5) is 54.0. The van der Waals surface area contributed by atoms with Gasteiger partial charge in [-0.05, 0) is 63.6 Å². The average Bonchev–Trinajstić information content (AvgIpc) is 3.63. The van der Waals surface area contributed by atoms with Gasteiger partial charge in [0.1, 0.15) is 23.5 Å². The lowest BCUT2D eigenvalue weighted by molar-refractivity contribution is -0.143. The van der Waals surface area contributed by atoms with Crippen LogP contribution in [0.25, 0.3) is 11.5 Å². The number of amides is 3. The first-order chi connectivity index (χ1) is 22.4. The molecule has 2 aliphatic heterocycles. The molecule has 0 saturated carbocycles. The summed E-state index contributed by atoms with van der Waals surface area (Å²) in [6.07, 6.45) is 3.72. The Morgan fingerprint density at radius 2 is 1.67 bits per heavy atom. The Kier molecular flexibility index (Phi) is 9.56. The molecule has 0 bridgehead atoms. The average molecular weight is 624 g/mol. The summed E-state index contributed by atoms with van der Waals surface area (Å²) >= 11 is 0. The van der Waals surface area contributed by atoms with Crippen molar-refractivity contribution in [2.24, 2.45) is 0 Å². The normalized spacial score (nSPS) is 19.6. The van der Waals surface area contributed by atoms with Gasteiger partial charge in [0.25, 0.3) is 0 Å². The van der Waals surface area contributed by atoms with Gasteiger partial charge in [0.2, 0.25) is 23.6 Å². The molecule has 11 heteroatoms. The molecule has 1 saturated heterocycles. The fourth-order valence-electron chi connectivity index (χ4n) is 6.41. The zero-order valence-electron chi connectivity index (χ0n) is 26.5. The summed E-state index contributed by atoms with van der Waals surface area (Å²) in [5.74, 6) is 2.00. The monoisotopic (exact) mass is 623 g/mol. The van der Waals surface area contributed by atoms with E-state index in [9.17, 15) is 14.4 Å². The Bertz CT molecular complexity index is 1670. The van der Waals surface area contributed by atoms with Crippen LogP contribution in [0.2, 0.25) is 0 Å². The van der Waals surface area contributed by atoms with E-state index >= 15 is 0 Å². The summed E-state index contributed by atoms with van der Waals surface area (Å²) in [7, 11) is 0. The third-order valence-corrected chi connectivity index (χ3v) is 8.83. The van der Waals surface area contributed by atoms with E-state index in [1.807, 2.05) is 79.2 Å². The highest BCUT2D eigenvalue weighted by Crippen LogP contribution is 2.24. The minimum Gasteiger partial charge on any atom is -0.441 e. The number of hydrogen-bond acceptors (Lipinski definition) is 7. The largest absolute Gasteiger partial charge is 0.441 e. The summed E-state index contributed by atoms with van der Waals surface area (Å²) in [6, 6.07) is 18.6. The Labute approximate surface area is 269 Å². The van der Waals surface area contributed by atoms with Crippen LogP contribution >= 0.6 is 0 Å². The molecule has 2 aromatic carbocycles. The fraction of sp³-hybridized carbons (Fsp3) is 0.429. The van der Waals surface area contributed by atoms with Gasteiger partial charge in [0, 0.05) is 31.6 Å². The highest BCUT2D eigenvalue weighted by molar-refractivity contribution is 5.88. The lowest BCUT2D eigenvalue weighted by atomic mass is 9.99. The molecule has 6 rings (SSSR count). The van der Waals surface area contributed by atoms with Crippen LogP contribution in [0.4, 0.5) is 0 Å². The van der Waals surface area contributed by atoms with Gasteiger partial charge < -0.3 is 19.5 Å². The molecule has 11 nitrogen and oxygen atoms in total. The van der Waals surface area contributed by atoms with Crippen molar-refractivity contribution < 1.29 is 18.8 Å². The number of carbonyl (C=O) groups excluding carboxylic acids is 3. The maximum Gasteiger partial charge on any atom is 0.243 e. The van der Waals surface area contributed by atoms with Gasteiger partial charge in [-0.3, -0.25) is 14.4 Å². The lowest BCUT2D eigenvalue weighted by Gasteiger charge is -2.36. The number of carbonyl (C=O) groups is 3. The van der Waals surface area contributed by atoms with Crippen molar-refractivity contribution in [2.45, 2.75) is 77.4 Å². The SMILES string of the molecule is Cc1nc2n(n1)CCN(C(=O)Cc1nc(-c3ccccc3)oc1C)CCCC(=O)N1CCCC[C@H]1C(=O)N[C@@H]2Cc1ccccc1. The molecule has 4 aromatic rings. The maximum absolute atomic E-state index is 13.8. The minimum atomic E-state index is -0.536. The Hall–Kier alpha value is -4.80. The predicted octanol–water partition coefficient (Wildman–Crippen LogP) is 4.20. The molecule has 1 N–H and O–H groups in total. The molecule has 2 aromatic heterocycles. The number of aromatic nitrogens is 4. The molecule has 240 valence electrons. The van der Waals surface area contributed by atoms with Crippen LogP contribution in [0.15, 0.2) is 65.1 Å². The second-order valence-corrected chi connectivity index (χ2v) is 12.1. The van der Waals surface area contributed by atoms with Crippen LogP contribution in [-0.4, -0.2) is 72.9 Å². The topological polar surface area (TPSA) is 126 Å². The molecule has 4 heterocycles. The highest BCUT2D eigenvalue weighted by atomic mass is 16.4. The molecule has 3 amide bonds. The second kappa shape index (κ2) is 14.1. The van der Waals surface area contributed by atoms with E-state index in [4.69, 9.17) is 9.40 Å². The first kappa shape index (κ1) is 31.2. The number of benzene rings is 2. The van der Waals surface area contributed by atoms with Crippen LogP contribution in [0.1, 0.15) is 66.8 Å². The van der Waals surface area contributed by atoms with Gasteiger partial charge in [-0.1, -0.05) is 48.5 Å². The van der Waals surface area contributed by atoms with Crippen LogP contribution < -0.4 is 5.32 Å². The van der Waals surface area contributed by atoms with E-state index in [1.54, 1.807) is 9.80 Å². The van der Waals surface area contributed by atoms with E-state index in [0.29, 0.717) is 74.4 Å². The number of piperidine rings is 1. The third-order valence-electron chi connectivity index (χ3n) is 8.83. The summed E-state index contributed by atoms with van der Waals surface area (Å²) in [6.45, 7) is 5.35. The van der Waals surface area contributed by atoms with Gasteiger partial charge in [-0.25, -0.2) is 14.6 Å². The molecule has 0 aliphatic carbocycles. The van der Waals surface area contributed by atoms with Crippen molar-refractivity contribution in [3.63, 3.8) is 0 Å². The zero-order valence-corrected chi connectivity index (χ0v) is 26.5. The van der Waals surface area contributed by atoms with Crippen LogP contribution in [0.5, 0.6) is 0 Å². The van der Waals surface area contributed by atoms with Crippen molar-refractivity contribution in [3.05, 3.63) is 89.3 Å². The first-order valence-corrected chi connectivity index (χ1v) is 16.2. The van der Waals surface area contributed by atoms with Crippen LogP contribution in [0.3, 0.4) is 0 Å². The molecule has 0 spiro atoms. The number of fused-ring (bicyclic) bond motifs is 2. The van der Waals surface area contributed by atoms with Crippen molar-refractivity contribution in [3.8, 4) is 11.5 Å². The van der Waals surface area contributed by atoms with Crippen molar-refractivity contribution >= 4 is 17.7 Å². The molecule has 2 aliphatic rings. The fourth-order valence-corrected chi connectivity index (χ4v) is 6.41. The molecule has 1 fully saturated rings. The van der Waals surface area contributed by atoms with Crippen LogP contribution in [0, 0.1) is 13.8 Å². The van der Waals surface area contributed by atoms with E-state index in [0.717, 1.165) is 24.0 Å². The van der Waals surface area contributed by atoms with E-state index in [2.05, 4.69) is 15.4 Å². The van der Waals surface area contributed by atoms with Crippen molar-refractivity contribution in [2.75, 3.05) is 19.6 Å². The minimum absolute atomic E-state index is 0.0530. The second-order valence-electron chi connectivity index (χ2n) is 12.1. The molecule has 0 radical (unpaired) electrons. The standard InChI is InChI=1S/C35H41N7O4/c1-24-28(38-35(46-24)27-14-7-4-8-15-27)23-32(44)40-18-11-17-31(43)41-19-10-9-16-30(41)34(45)37-29(22-26-12-5-3-6-13-26)33-36-25(2)39-42(33)21-20-40/h3-8,12-15,29-30H,9-11,16-23H2,1-2H3,(H,37,45)/t29-,30+/m1/s1. The number of rotatable bonds is 5. The molecular formula is C35H41N7O4. The zero-order chi connectivity index (χ0) is 32.0. The van der Waals surface area contributed by atoms with Crippen LogP contribution in [-0.2, 0) is 33.8 Å².